The number of imidazole rings is 1. The number of aliphatic imine (C=N–C) groups is 2. The van der Waals surface area contributed by atoms with Crippen LogP contribution >= 0.6 is 27.5 Å². The highest BCUT2D eigenvalue weighted by Crippen LogP contribution is 2.23. The Morgan fingerprint density at radius 2 is 2.37 bits per heavy atom. The largest absolute Gasteiger partial charge is 0.390 e. The molecule has 3 rings (SSSR count). The van der Waals surface area contributed by atoms with Gasteiger partial charge in [-0.15, -0.1) is 0 Å². The molecule has 0 saturated heterocycles. The molecule has 1 aromatic carbocycles. The minimum atomic E-state index is 0.446. The van der Waals surface area contributed by atoms with Gasteiger partial charge in [0.05, 0.1) is 11.9 Å². The second kappa shape index (κ2) is 4.79. The van der Waals surface area contributed by atoms with E-state index >= 15 is 0 Å². The number of nitrogens with one attached hydrogen (secondary N) is 1. The fraction of sp³-hybridized carbons (Fsp3) is 0.0833. The first-order valence-corrected chi connectivity index (χ1v) is 6.74. The predicted octanol–water partition coefficient (Wildman–Crippen LogP) is 1.95. The average molecular weight is 340 g/mol. The SMILES string of the molecule is NC=NC1=NCc2c(Cl)[nH]c[n+]2-c2ccc(Br)cc21. The van der Waals surface area contributed by atoms with Crippen LogP contribution in [0.4, 0.5) is 0 Å². The average Bonchev–Trinajstić information content (AvgIpc) is 2.68. The van der Waals surface area contributed by atoms with Crippen LogP contribution in [-0.4, -0.2) is 17.2 Å². The van der Waals surface area contributed by atoms with Gasteiger partial charge in [0, 0.05) is 4.47 Å². The Balaban J connectivity index is 2.31. The summed E-state index contributed by atoms with van der Waals surface area (Å²) in [7, 11) is 0. The first kappa shape index (κ1) is 12.4. The van der Waals surface area contributed by atoms with Crippen LogP contribution in [-0.2, 0) is 6.54 Å². The second-order valence-corrected chi connectivity index (χ2v) is 5.28. The van der Waals surface area contributed by atoms with Crippen molar-refractivity contribution in [2.75, 3.05) is 0 Å². The number of nitrogens with two attached hydrogens (primary N) is 1. The molecular formula is C12H10BrClN5+. The van der Waals surface area contributed by atoms with Crippen LogP contribution in [0.1, 0.15) is 11.3 Å². The summed E-state index contributed by atoms with van der Waals surface area (Å²) < 4.78 is 2.93. The molecule has 1 aromatic heterocycles. The number of amidine groups is 1. The molecule has 3 N–H and O–H groups in total. The van der Waals surface area contributed by atoms with Gasteiger partial charge < -0.3 is 5.73 Å². The Morgan fingerprint density at radius 3 is 3.16 bits per heavy atom. The van der Waals surface area contributed by atoms with Crippen molar-refractivity contribution in [3.05, 3.63) is 45.4 Å². The van der Waals surface area contributed by atoms with Crippen LogP contribution in [0.3, 0.4) is 0 Å². The molecule has 19 heavy (non-hydrogen) atoms. The van der Waals surface area contributed by atoms with Gasteiger partial charge in [0.2, 0.25) is 11.5 Å². The maximum Gasteiger partial charge on any atom is 0.248 e. The van der Waals surface area contributed by atoms with Gasteiger partial charge in [0.15, 0.2) is 11.5 Å². The number of aromatic amines is 1. The van der Waals surface area contributed by atoms with E-state index in [-0.39, 0.29) is 0 Å². The molecule has 0 radical (unpaired) electrons. The number of benzene rings is 1. The smallest absolute Gasteiger partial charge is 0.248 e. The van der Waals surface area contributed by atoms with E-state index in [0.29, 0.717) is 17.5 Å². The second-order valence-electron chi connectivity index (χ2n) is 3.98. The van der Waals surface area contributed by atoms with E-state index in [0.717, 1.165) is 21.4 Å². The van der Waals surface area contributed by atoms with E-state index in [1.54, 1.807) is 0 Å². The zero-order valence-electron chi connectivity index (χ0n) is 9.77. The first-order valence-electron chi connectivity index (χ1n) is 5.57. The molecule has 0 bridgehead atoms. The number of H-pyrrole nitrogens is 1. The van der Waals surface area contributed by atoms with E-state index in [1.807, 2.05) is 29.1 Å². The molecule has 0 aliphatic carbocycles. The van der Waals surface area contributed by atoms with Crippen LogP contribution in [0.15, 0.2) is 39.0 Å². The Kier molecular flexibility index (Phi) is 3.12. The third-order valence-electron chi connectivity index (χ3n) is 2.90. The van der Waals surface area contributed by atoms with Crippen molar-refractivity contribution < 1.29 is 4.57 Å². The van der Waals surface area contributed by atoms with Crippen LogP contribution in [0.5, 0.6) is 0 Å². The molecule has 0 saturated carbocycles. The van der Waals surface area contributed by atoms with Gasteiger partial charge >= 0.3 is 0 Å². The van der Waals surface area contributed by atoms with Crippen LogP contribution in [0.25, 0.3) is 5.69 Å². The number of halogens is 2. The van der Waals surface area contributed by atoms with Crippen LogP contribution in [0, 0.1) is 0 Å². The number of rotatable bonds is 0. The van der Waals surface area contributed by atoms with Crippen molar-refractivity contribution >= 4 is 39.7 Å². The third kappa shape index (κ3) is 2.06. The summed E-state index contributed by atoms with van der Waals surface area (Å²) in [4.78, 5) is 11.6. The molecule has 2 heterocycles. The van der Waals surface area contributed by atoms with E-state index in [9.17, 15) is 0 Å². The summed E-state index contributed by atoms with van der Waals surface area (Å²) in [5.74, 6) is 0.596. The fourth-order valence-corrected chi connectivity index (χ4v) is 2.62. The lowest BCUT2D eigenvalue weighted by Gasteiger charge is -2.04. The number of aromatic nitrogens is 2. The number of fused-ring (bicyclic) bond motifs is 3. The summed E-state index contributed by atoms with van der Waals surface area (Å²) >= 11 is 9.59. The van der Waals surface area contributed by atoms with Crippen molar-refractivity contribution in [1.82, 2.24) is 4.98 Å². The normalized spacial score (nSPS) is 13.9. The number of hydrogen-bond donors (Lipinski definition) is 2. The lowest BCUT2D eigenvalue weighted by Crippen LogP contribution is -2.33. The van der Waals surface area contributed by atoms with Gasteiger partial charge in [-0.2, -0.15) is 4.57 Å². The van der Waals surface area contributed by atoms with Gasteiger partial charge in [0.25, 0.3) is 0 Å². The highest BCUT2D eigenvalue weighted by molar-refractivity contribution is 9.10. The molecular weight excluding hydrogens is 330 g/mol. The highest BCUT2D eigenvalue weighted by Gasteiger charge is 2.25. The molecule has 1 aliphatic heterocycles. The predicted molar refractivity (Wildman–Crippen MR) is 78.0 cm³/mol. The minimum absolute atomic E-state index is 0.446. The van der Waals surface area contributed by atoms with Crippen molar-refractivity contribution in [2.24, 2.45) is 15.7 Å². The monoisotopic (exact) mass is 338 g/mol. The molecule has 0 amide bonds. The Labute approximate surface area is 123 Å². The van der Waals surface area contributed by atoms with Crippen molar-refractivity contribution in [3.8, 4) is 5.69 Å². The summed E-state index contributed by atoms with van der Waals surface area (Å²) in [5.41, 5.74) is 8.15. The Bertz CT molecular complexity index is 704. The zero-order chi connectivity index (χ0) is 13.4. The topological polar surface area (TPSA) is 70.4 Å². The molecule has 2 aromatic rings. The van der Waals surface area contributed by atoms with Crippen molar-refractivity contribution in [3.63, 3.8) is 0 Å². The van der Waals surface area contributed by atoms with E-state index in [4.69, 9.17) is 17.3 Å². The van der Waals surface area contributed by atoms with Crippen LogP contribution in [0.2, 0.25) is 5.15 Å². The maximum atomic E-state index is 6.13. The minimum Gasteiger partial charge on any atom is -0.390 e. The lowest BCUT2D eigenvalue weighted by atomic mass is 10.1. The molecule has 0 atom stereocenters. The standard InChI is InChI=1S/C12H9BrClN5/c13-7-1-2-9-8(3-7)12(17-5-15)16-4-10-11(14)18-6-19(9)10/h1-3,5-6H,4H2,(H2,15,16,17)/p+1. The molecule has 96 valence electrons. The molecule has 5 nitrogen and oxygen atoms in total. The number of hydrogen-bond acceptors (Lipinski definition) is 2. The van der Waals surface area contributed by atoms with Gasteiger partial charge in [0.1, 0.15) is 12.2 Å². The lowest BCUT2D eigenvalue weighted by molar-refractivity contribution is -0.602. The fourth-order valence-electron chi connectivity index (χ4n) is 2.06. The summed E-state index contributed by atoms with van der Waals surface area (Å²) in [6.07, 6.45) is 3.06. The summed E-state index contributed by atoms with van der Waals surface area (Å²) in [5, 5.41) is 0.579. The van der Waals surface area contributed by atoms with E-state index in [2.05, 4.69) is 30.9 Å². The molecule has 1 aliphatic rings. The van der Waals surface area contributed by atoms with Crippen molar-refractivity contribution in [1.29, 1.82) is 0 Å². The molecule has 0 fully saturated rings. The first-order chi connectivity index (χ1) is 9.20. The molecule has 7 heteroatoms. The number of nitrogens with zero attached hydrogens (tertiary/aromatic N) is 3. The van der Waals surface area contributed by atoms with Gasteiger partial charge in [-0.05, 0) is 29.8 Å². The van der Waals surface area contributed by atoms with E-state index < -0.39 is 0 Å². The Morgan fingerprint density at radius 1 is 1.53 bits per heavy atom. The zero-order valence-corrected chi connectivity index (χ0v) is 12.1. The Hall–Kier alpha value is -1.66. The molecule has 0 unspecified atom stereocenters. The van der Waals surface area contributed by atoms with Crippen molar-refractivity contribution in [2.45, 2.75) is 6.54 Å². The molecule has 0 spiro atoms. The summed E-state index contributed by atoms with van der Waals surface area (Å²) in [6, 6.07) is 5.91. The maximum absolute atomic E-state index is 6.13. The highest BCUT2D eigenvalue weighted by atomic mass is 79.9. The summed E-state index contributed by atoms with van der Waals surface area (Å²) in [6.45, 7) is 0.446. The van der Waals surface area contributed by atoms with Gasteiger partial charge in [-0.25, -0.2) is 9.98 Å². The van der Waals surface area contributed by atoms with Crippen LogP contribution < -0.4 is 10.3 Å². The third-order valence-corrected chi connectivity index (χ3v) is 3.72. The van der Waals surface area contributed by atoms with E-state index in [1.165, 1.54) is 6.34 Å². The van der Waals surface area contributed by atoms with Gasteiger partial charge in [-0.3, -0.25) is 4.99 Å². The quantitative estimate of drug-likeness (QED) is 0.430. The van der Waals surface area contributed by atoms with Gasteiger partial charge in [-0.1, -0.05) is 15.9 Å².